The highest BCUT2D eigenvalue weighted by molar-refractivity contribution is 7.26. The van der Waals surface area contributed by atoms with Crippen LogP contribution in [-0.2, 0) is 0 Å². The molecule has 0 spiro atoms. The zero-order valence-electron chi connectivity index (χ0n) is 29.5. The monoisotopic (exact) mass is 724 g/mol. The fourth-order valence-corrected chi connectivity index (χ4v) is 10.2. The highest BCUT2D eigenvalue weighted by atomic mass is 32.1. The van der Waals surface area contributed by atoms with E-state index in [-0.39, 0.29) is 5.56 Å². The molecule has 0 fully saturated rings. The number of thiophene rings is 1. The summed E-state index contributed by atoms with van der Waals surface area (Å²) in [7, 11) is 0. The third-order valence-corrected chi connectivity index (χ3v) is 12.3. The van der Waals surface area contributed by atoms with Crippen LogP contribution >= 0.6 is 11.3 Å². The van der Waals surface area contributed by atoms with E-state index in [0.29, 0.717) is 5.56 Å². The molecule has 0 aliphatic carbocycles. The normalized spacial score (nSPS) is 11.8. The van der Waals surface area contributed by atoms with Gasteiger partial charge in [0, 0.05) is 25.7 Å². The van der Waals surface area contributed by atoms with E-state index in [1.165, 1.54) is 82.2 Å². The van der Waals surface area contributed by atoms with Gasteiger partial charge >= 0.3 is 0 Å². The molecule has 1 aromatic heterocycles. The van der Waals surface area contributed by atoms with E-state index in [0.717, 1.165) is 32.7 Å². The van der Waals surface area contributed by atoms with Crippen LogP contribution < -0.4 is 0 Å². The van der Waals surface area contributed by atoms with Gasteiger partial charge in [0.05, 0.1) is 5.56 Å². The summed E-state index contributed by atoms with van der Waals surface area (Å²) in [5.74, 6) is -1.15. The van der Waals surface area contributed by atoms with E-state index < -0.39 is 11.6 Å². The quantitative estimate of drug-likeness (QED) is 0.159. The van der Waals surface area contributed by atoms with E-state index in [1.54, 1.807) is 11.3 Å². The lowest BCUT2D eigenvalue weighted by Gasteiger charge is -2.20. The van der Waals surface area contributed by atoms with E-state index in [9.17, 15) is 0 Å². The molecule has 55 heavy (non-hydrogen) atoms. The van der Waals surface area contributed by atoms with Crippen LogP contribution in [0.25, 0.3) is 108 Å². The first-order valence-electron chi connectivity index (χ1n) is 18.5. The third-order valence-electron chi connectivity index (χ3n) is 11.2. The molecule has 11 aromatic rings. The fourth-order valence-electron chi connectivity index (χ4n) is 9.04. The van der Waals surface area contributed by atoms with E-state index in [1.807, 2.05) is 36.4 Å². The van der Waals surface area contributed by atoms with Crippen LogP contribution in [0.4, 0.5) is 8.78 Å². The van der Waals surface area contributed by atoms with Crippen molar-refractivity contribution in [2.75, 3.05) is 0 Å². The average Bonchev–Trinajstić information content (AvgIpc) is 3.62. The van der Waals surface area contributed by atoms with Gasteiger partial charge < -0.3 is 0 Å². The SMILES string of the molecule is Fc1cccc(F)c1-c1c2ccccc2c(-c2cccc3sc4cccc(-c5c6ccccc6c(-c6ccccc6)c6ccccc56)c4c23)c2ccccc12. The van der Waals surface area contributed by atoms with Gasteiger partial charge in [0.1, 0.15) is 11.6 Å². The van der Waals surface area contributed by atoms with Crippen LogP contribution in [0.3, 0.4) is 0 Å². The van der Waals surface area contributed by atoms with Crippen molar-refractivity contribution in [2.45, 2.75) is 0 Å². The lowest BCUT2D eigenvalue weighted by molar-refractivity contribution is 0.590. The number of rotatable bonds is 4. The zero-order chi connectivity index (χ0) is 36.6. The molecule has 0 saturated heterocycles. The summed E-state index contributed by atoms with van der Waals surface area (Å²) in [5.41, 5.74) is 7.56. The summed E-state index contributed by atoms with van der Waals surface area (Å²) >= 11 is 1.81. The predicted molar refractivity (Wildman–Crippen MR) is 231 cm³/mol. The standard InChI is InChI=1S/C52H30F2S/c53-42-27-14-28-43(54)52(42)49-38-23-10-8-21-36(38)48(37-22-9-11-24-39(37)49)41-26-13-30-45-51(41)50-40(25-12-29-44(50)55-45)47-34-19-6-4-17-32(34)46(31-15-2-1-3-16-31)33-18-5-7-20-35(33)47/h1-30H. The molecule has 0 N–H and O–H groups in total. The highest BCUT2D eigenvalue weighted by Gasteiger charge is 2.24. The first-order valence-corrected chi connectivity index (χ1v) is 19.3. The minimum absolute atomic E-state index is 0.000587. The van der Waals surface area contributed by atoms with Crippen molar-refractivity contribution >= 4 is 74.6 Å². The first-order chi connectivity index (χ1) is 27.2. The smallest absolute Gasteiger partial charge is 0.134 e. The van der Waals surface area contributed by atoms with Crippen molar-refractivity contribution in [3.8, 4) is 44.5 Å². The topological polar surface area (TPSA) is 0 Å². The van der Waals surface area contributed by atoms with Gasteiger partial charge in [-0.25, -0.2) is 8.78 Å². The average molecular weight is 725 g/mol. The van der Waals surface area contributed by atoms with Gasteiger partial charge in [-0.3, -0.25) is 0 Å². The van der Waals surface area contributed by atoms with Gasteiger partial charge in [-0.1, -0.05) is 158 Å². The van der Waals surface area contributed by atoms with Crippen LogP contribution in [0.5, 0.6) is 0 Å². The van der Waals surface area contributed by atoms with Crippen molar-refractivity contribution in [3.63, 3.8) is 0 Å². The second kappa shape index (κ2) is 12.4. The van der Waals surface area contributed by atoms with Crippen LogP contribution in [0.2, 0.25) is 0 Å². The molecule has 0 bridgehead atoms. The molecule has 10 aromatic carbocycles. The molecule has 0 atom stereocenters. The Bertz CT molecular complexity index is 3210. The van der Waals surface area contributed by atoms with Gasteiger partial charge in [0.25, 0.3) is 0 Å². The molecule has 0 radical (unpaired) electrons. The molecule has 0 amide bonds. The van der Waals surface area contributed by atoms with Crippen molar-refractivity contribution in [1.29, 1.82) is 0 Å². The maximum absolute atomic E-state index is 15.7. The maximum atomic E-state index is 15.7. The molecule has 0 aliphatic rings. The second-order valence-electron chi connectivity index (χ2n) is 14.1. The Balaban J connectivity index is 1.29. The number of hydrogen-bond acceptors (Lipinski definition) is 1. The third kappa shape index (κ3) is 4.73. The van der Waals surface area contributed by atoms with Crippen molar-refractivity contribution in [1.82, 2.24) is 0 Å². The summed E-state index contributed by atoms with van der Waals surface area (Å²) in [6, 6.07) is 61.8. The van der Waals surface area contributed by atoms with Crippen LogP contribution in [-0.4, -0.2) is 0 Å². The van der Waals surface area contributed by atoms with Crippen molar-refractivity contribution < 1.29 is 8.78 Å². The molecule has 1 heterocycles. The molecule has 11 rings (SSSR count). The molecule has 0 saturated carbocycles. The Kier molecular flexibility index (Phi) is 7.20. The summed E-state index contributed by atoms with van der Waals surface area (Å²) in [5, 5.41) is 10.7. The molecule has 0 nitrogen and oxygen atoms in total. The predicted octanol–water partition coefficient (Wildman–Crippen LogP) is 15.6. The van der Waals surface area contributed by atoms with Crippen LogP contribution in [0.15, 0.2) is 182 Å². The minimum atomic E-state index is -0.573. The number of hydrogen-bond donors (Lipinski definition) is 0. The summed E-state index contributed by atoms with van der Waals surface area (Å²) in [4.78, 5) is 0. The molecular formula is C52H30F2S. The minimum Gasteiger partial charge on any atom is -0.206 e. The van der Waals surface area contributed by atoms with Gasteiger partial charge in [-0.15, -0.1) is 11.3 Å². The molecular weight excluding hydrogens is 695 g/mol. The molecule has 3 heteroatoms. The number of halogens is 2. The Morgan fingerprint density at radius 3 is 1.04 bits per heavy atom. The lowest BCUT2D eigenvalue weighted by Crippen LogP contribution is -1.95. The van der Waals surface area contributed by atoms with Crippen molar-refractivity contribution in [3.05, 3.63) is 194 Å². The second-order valence-corrected chi connectivity index (χ2v) is 15.2. The van der Waals surface area contributed by atoms with Crippen LogP contribution in [0, 0.1) is 11.6 Å². The molecule has 0 aliphatic heterocycles. The van der Waals surface area contributed by atoms with Crippen LogP contribution in [0.1, 0.15) is 0 Å². The first kappa shape index (κ1) is 31.8. The Hall–Kier alpha value is -6.68. The Labute approximate surface area is 320 Å². The highest BCUT2D eigenvalue weighted by Crippen LogP contribution is 2.52. The van der Waals surface area contributed by atoms with Gasteiger partial charge in [0.2, 0.25) is 0 Å². The summed E-state index contributed by atoms with van der Waals surface area (Å²) in [6.45, 7) is 0. The van der Waals surface area contributed by atoms with Gasteiger partial charge in [-0.2, -0.15) is 0 Å². The van der Waals surface area contributed by atoms with Crippen molar-refractivity contribution in [2.24, 2.45) is 0 Å². The molecule has 0 unspecified atom stereocenters. The summed E-state index contributed by atoms with van der Waals surface area (Å²) < 4.78 is 33.7. The van der Waals surface area contributed by atoms with E-state index in [4.69, 9.17) is 0 Å². The summed E-state index contributed by atoms with van der Waals surface area (Å²) in [6.07, 6.45) is 0. The lowest BCUT2D eigenvalue weighted by atomic mass is 9.83. The molecule has 258 valence electrons. The van der Waals surface area contributed by atoms with Gasteiger partial charge in [-0.05, 0) is 101 Å². The Morgan fingerprint density at radius 1 is 0.273 bits per heavy atom. The largest absolute Gasteiger partial charge is 0.206 e. The van der Waals surface area contributed by atoms with Gasteiger partial charge in [0.15, 0.2) is 0 Å². The Morgan fingerprint density at radius 2 is 0.618 bits per heavy atom. The number of fused-ring (bicyclic) bond motifs is 7. The zero-order valence-corrected chi connectivity index (χ0v) is 30.3. The van der Waals surface area contributed by atoms with E-state index >= 15 is 8.78 Å². The number of benzene rings is 10. The maximum Gasteiger partial charge on any atom is 0.134 e. The fraction of sp³-hybridized carbons (Fsp3) is 0. The van der Waals surface area contributed by atoms with E-state index in [2.05, 4.69) is 127 Å².